The van der Waals surface area contributed by atoms with Crippen molar-refractivity contribution in [2.45, 2.75) is 71.3 Å². The van der Waals surface area contributed by atoms with Crippen LogP contribution in [0.3, 0.4) is 0 Å². The maximum Gasteiger partial charge on any atom is 0.257 e. The fourth-order valence-electron chi connectivity index (χ4n) is 8.27. The summed E-state index contributed by atoms with van der Waals surface area (Å²) in [6.45, 7) is 13.6. The highest BCUT2D eigenvalue weighted by atomic mass is 19.1. The third-order valence-corrected chi connectivity index (χ3v) is 12.1. The number of nitrogens with one attached hydrogen (secondary N) is 5. The first-order valence-electron chi connectivity index (χ1n) is 22.8. The van der Waals surface area contributed by atoms with Crippen LogP contribution in [0.5, 0.6) is 0 Å². The van der Waals surface area contributed by atoms with Crippen LogP contribution >= 0.6 is 0 Å². The van der Waals surface area contributed by atoms with Crippen LogP contribution in [0.1, 0.15) is 105 Å². The molecule has 1 saturated heterocycles. The largest absolute Gasteiger partial charge is 0.384 e. The topological polar surface area (TPSA) is 196 Å². The zero-order valence-corrected chi connectivity index (χ0v) is 39.2. The van der Waals surface area contributed by atoms with Gasteiger partial charge in [-0.1, -0.05) is 25.0 Å². The van der Waals surface area contributed by atoms with Crippen LogP contribution < -0.4 is 21.3 Å². The second-order valence-corrected chi connectivity index (χ2v) is 17.1. The number of H-pyrrole nitrogens is 1. The molecule has 17 heteroatoms. The molecule has 1 atom stereocenters. The molecule has 5 N–H and O–H groups in total. The number of aromatic amines is 1. The Balaban J connectivity index is 0.00000469. The number of hydrogen-bond acceptors (Lipinski definition) is 11. The van der Waals surface area contributed by atoms with Gasteiger partial charge in [0.25, 0.3) is 17.7 Å². The third-order valence-electron chi connectivity index (χ3n) is 12.1. The van der Waals surface area contributed by atoms with E-state index in [1.807, 2.05) is 39.6 Å². The predicted molar refractivity (Wildman–Crippen MR) is 256 cm³/mol. The molecule has 3 heterocycles. The number of benzene rings is 2. The number of carbonyl (C=O) groups excluding carboxylic acids is 7. The van der Waals surface area contributed by atoms with E-state index in [0.29, 0.717) is 84.8 Å². The SMILES string of the molecule is C=O.Cc1[nH]c(/C=C2\C(=O)Nc3ccc(F)cc32)c(C)c1C(=O)NCCCN1CCN(CCCC(=O)NCCCCCCNc2cccc(C=O)c2C(=O)N(C)C(C=O)CCN(C)C)CC1. The van der Waals surface area contributed by atoms with E-state index in [1.54, 1.807) is 37.4 Å². The summed E-state index contributed by atoms with van der Waals surface area (Å²) < 4.78 is 13.9. The number of nitrogens with zero attached hydrogens (tertiary/aromatic N) is 4. The molecule has 3 aromatic rings. The number of hydrogen-bond donors (Lipinski definition) is 5. The Labute approximate surface area is 388 Å². The monoisotopic (exact) mass is 914 g/mol. The van der Waals surface area contributed by atoms with Crippen molar-refractivity contribution >= 4 is 66.0 Å². The molecule has 66 heavy (non-hydrogen) atoms. The maximum atomic E-state index is 13.9. The standard InChI is InChI=1S/C48H66FN9O6.CH2O/c1-33-42(30-39-38-29-36(49)16-17-40(38)54-46(39)62)53-34(2)44(33)47(63)52-21-12-23-58-27-25-57(26-28-58)22-11-15-43(61)51-20-9-7-6-8-19-50-41-14-10-13-35(31-59)45(41)48(64)56(5)37(32-60)18-24-55(3)4;1-2/h10,13-14,16-17,29-32,37,50,53H,6-9,11-12,15,18-28H2,1-5H3,(H,51,61)(H,52,63)(H,54,62);1H2/b39-30-;. The van der Waals surface area contributed by atoms with Crippen molar-refractivity contribution < 1.29 is 38.0 Å². The molecule has 2 aromatic carbocycles. The van der Waals surface area contributed by atoms with E-state index in [-0.39, 0.29) is 34.8 Å². The lowest BCUT2D eigenvalue weighted by atomic mass is 10.0. The molecule has 1 unspecified atom stereocenters. The van der Waals surface area contributed by atoms with Gasteiger partial charge in [-0.2, -0.15) is 0 Å². The van der Waals surface area contributed by atoms with Crippen molar-refractivity contribution in [2.24, 2.45) is 0 Å². The molecule has 16 nitrogen and oxygen atoms in total. The number of amides is 4. The summed E-state index contributed by atoms with van der Waals surface area (Å²) in [6.07, 6.45) is 9.33. The maximum absolute atomic E-state index is 13.9. The molecule has 1 aromatic heterocycles. The fraction of sp³-hybridized carbons (Fsp3) is 0.490. The van der Waals surface area contributed by atoms with Gasteiger partial charge in [-0.3, -0.25) is 24.0 Å². The highest BCUT2D eigenvalue weighted by Gasteiger charge is 2.27. The van der Waals surface area contributed by atoms with E-state index >= 15 is 0 Å². The summed E-state index contributed by atoms with van der Waals surface area (Å²) in [5.41, 5.74) is 5.13. The summed E-state index contributed by atoms with van der Waals surface area (Å²) in [7, 11) is 5.41. The molecule has 358 valence electrons. The van der Waals surface area contributed by atoms with Crippen LogP contribution in [0.4, 0.5) is 15.8 Å². The minimum absolute atomic E-state index is 0.0695. The Morgan fingerprint density at radius 1 is 0.864 bits per heavy atom. The minimum atomic E-state index is -0.600. The molecule has 2 aliphatic rings. The average molecular weight is 914 g/mol. The molecular weight excluding hydrogens is 846 g/mol. The lowest BCUT2D eigenvalue weighted by Crippen LogP contribution is -2.47. The summed E-state index contributed by atoms with van der Waals surface area (Å²) in [5.74, 6) is -1.22. The molecule has 5 rings (SSSR count). The Hall–Kier alpha value is -6.04. The summed E-state index contributed by atoms with van der Waals surface area (Å²) in [5, 5.41) is 12.2. The van der Waals surface area contributed by atoms with Crippen molar-refractivity contribution in [2.75, 3.05) is 97.2 Å². The van der Waals surface area contributed by atoms with Crippen LogP contribution in [-0.4, -0.2) is 160 Å². The number of carbonyl (C=O) groups is 7. The van der Waals surface area contributed by atoms with Crippen LogP contribution in [0, 0.1) is 19.7 Å². The molecule has 0 spiro atoms. The van der Waals surface area contributed by atoms with Gasteiger partial charge in [0, 0.05) is 93.2 Å². The van der Waals surface area contributed by atoms with Crippen LogP contribution in [0.15, 0.2) is 36.4 Å². The number of halogens is 1. The highest BCUT2D eigenvalue weighted by molar-refractivity contribution is 6.35. The number of aromatic nitrogens is 1. The average Bonchev–Trinajstić information content (AvgIpc) is 3.78. The van der Waals surface area contributed by atoms with Gasteiger partial charge in [0.2, 0.25) is 5.91 Å². The van der Waals surface area contributed by atoms with E-state index in [4.69, 9.17) is 4.79 Å². The first kappa shape index (κ1) is 52.6. The van der Waals surface area contributed by atoms with Gasteiger partial charge in [-0.15, -0.1) is 0 Å². The van der Waals surface area contributed by atoms with Crippen LogP contribution in [-0.2, 0) is 19.2 Å². The number of aryl methyl sites for hydroxylation is 1. The molecule has 0 radical (unpaired) electrons. The van der Waals surface area contributed by atoms with Crippen molar-refractivity contribution in [1.82, 2.24) is 35.2 Å². The second kappa shape index (κ2) is 26.8. The molecule has 1 fully saturated rings. The van der Waals surface area contributed by atoms with Crippen LogP contribution in [0.25, 0.3) is 11.6 Å². The van der Waals surface area contributed by atoms with Crippen molar-refractivity contribution in [3.63, 3.8) is 0 Å². The van der Waals surface area contributed by atoms with Gasteiger partial charge in [-0.05, 0) is 116 Å². The molecular formula is C49H68FN9O7. The molecule has 4 amide bonds. The smallest absolute Gasteiger partial charge is 0.257 e. The fourth-order valence-corrected chi connectivity index (χ4v) is 8.27. The van der Waals surface area contributed by atoms with Gasteiger partial charge >= 0.3 is 0 Å². The number of rotatable bonds is 25. The van der Waals surface area contributed by atoms with E-state index in [1.165, 1.54) is 17.0 Å². The lowest BCUT2D eigenvalue weighted by molar-refractivity contribution is -0.121. The Morgan fingerprint density at radius 3 is 2.20 bits per heavy atom. The van der Waals surface area contributed by atoms with E-state index in [9.17, 15) is 33.2 Å². The van der Waals surface area contributed by atoms with E-state index in [2.05, 4.69) is 36.1 Å². The van der Waals surface area contributed by atoms with Crippen molar-refractivity contribution in [3.05, 3.63) is 81.4 Å². The van der Waals surface area contributed by atoms with Crippen molar-refractivity contribution in [1.29, 1.82) is 0 Å². The quantitative estimate of drug-likeness (QED) is 0.0446. The number of unbranched alkanes of at least 4 members (excludes halogenated alkanes) is 3. The minimum Gasteiger partial charge on any atom is -0.384 e. The van der Waals surface area contributed by atoms with Crippen molar-refractivity contribution in [3.8, 4) is 0 Å². The molecule has 0 aliphatic carbocycles. The van der Waals surface area contributed by atoms with E-state index < -0.39 is 11.9 Å². The number of piperazine rings is 1. The summed E-state index contributed by atoms with van der Waals surface area (Å²) in [4.78, 5) is 94.8. The number of aldehydes is 2. The summed E-state index contributed by atoms with van der Waals surface area (Å²) in [6, 6.07) is 8.71. The first-order chi connectivity index (χ1) is 31.8. The molecule has 0 bridgehead atoms. The van der Waals surface area contributed by atoms with Gasteiger partial charge in [-0.25, -0.2) is 4.39 Å². The Morgan fingerprint density at radius 2 is 1.53 bits per heavy atom. The molecule has 2 aliphatic heterocycles. The predicted octanol–water partition coefficient (Wildman–Crippen LogP) is 4.79. The lowest BCUT2D eigenvalue weighted by Gasteiger charge is -2.34. The van der Waals surface area contributed by atoms with E-state index in [0.717, 1.165) is 89.6 Å². The van der Waals surface area contributed by atoms with Gasteiger partial charge < -0.3 is 55.4 Å². The normalized spacial score (nSPS) is 14.8. The highest BCUT2D eigenvalue weighted by Crippen LogP contribution is 2.34. The number of anilines is 2. The second-order valence-electron chi connectivity index (χ2n) is 17.1. The number of likely N-dealkylation sites (N-methyl/N-ethyl adjacent to an activating group) is 1. The first-order valence-corrected chi connectivity index (χ1v) is 22.8. The zero-order chi connectivity index (χ0) is 48.2. The van der Waals surface area contributed by atoms with Crippen LogP contribution in [0.2, 0.25) is 0 Å². The zero-order valence-electron chi connectivity index (χ0n) is 39.2. The van der Waals surface area contributed by atoms with Gasteiger partial charge in [0.05, 0.1) is 22.7 Å². The van der Waals surface area contributed by atoms with Gasteiger partial charge in [0.15, 0.2) is 6.29 Å². The summed E-state index contributed by atoms with van der Waals surface area (Å²) >= 11 is 0. The Kier molecular flexibility index (Phi) is 21.4. The molecule has 0 saturated carbocycles. The number of fused-ring (bicyclic) bond motifs is 1. The Bertz CT molecular complexity index is 2170. The van der Waals surface area contributed by atoms with Gasteiger partial charge in [0.1, 0.15) is 18.9 Å². The third kappa shape index (κ3) is 15.0.